The zero-order chi connectivity index (χ0) is 22.9. The quantitative estimate of drug-likeness (QED) is 0.464. The standard InChI is InChI=1S/C24H40N2O5/c1-23(2,3)19-16-31-21(29)12-8-6-4-5-7-11-18(22(30)25-19)15-20(28)26-24(17-27)13-9-10-14-24/h5,7,18-19,27H,4,6,8-17H2,1-3H3,(H,25,30)(H,26,28)/t18-,19-/m1/s1. The highest BCUT2D eigenvalue weighted by molar-refractivity contribution is 5.86. The Morgan fingerprint density at radius 3 is 2.55 bits per heavy atom. The normalized spacial score (nSPS) is 25.9. The van der Waals surface area contributed by atoms with Gasteiger partial charge in [0, 0.05) is 12.8 Å². The van der Waals surface area contributed by atoms with Crippen LogP contribution in [0.15, 0.2) is 12.2 Å². The van der Waals surface area contributed by atoms with Crippen LogP contribution in [-0.4, -0.2) is 47.7 Å². The maximum atomic E-state index is 13.1. The fourth-order valence-electron chi connectivity index (χ4n) is 4.18. The minimum atomic E-state index is -0.549. The number of carbonyl (C=O) groups excluding carboxylic acids is 3. The highest BCUT2D eigenvalue weighted by Gasteiger charge is 2.36. The van der Waals surface area contributed by atoms with Crippen molar-refractivity contribution in [3.05, 3.63) is 12.2 Å². The van der Waals surface area contributed by atoms with Crippen LogP contribution in [0.5, 0.6) is 0 Å². The minimum Gasteiger partial charge on any atom is -0.463 e. The summed E-state index contributed by atoms with van der Waals surface area (Å²) in [4.78, 5) is 37.9. The molecular weight excluding hydrogens is 396 g/mol. The Morgan fingerprint density at radius 2 is 1.90 bits per heavy atom. The van der Waals surface area contributed by atoms with Gasteiger partial charge in [-0.05, 0) is 43.9 Å². The largest absolute Gasteiger partial charge is 0.463 e. The molecule has 0 aromatic rings. The number of aliphatic hydroxyl groups is 1. The van der Waals surface area contributed by atoms with Crippen LogP contribution in [0.1, 0.15) is 85.0 Å². The predicted molar refractivity (Wildman–Crippen MR) is 119 cm³/mol. The predicted octanol–water partition coefficient (Wildman–Crippen LogP) is 3.01. The van der Waals surface area contributed by atoms with Crippen molar-refractivity contribution < 1.29 is 24.2 Å². The fourth-order valence-corrected chi connectivity index (χ4v) is 4.18. The maximum absolute atomic E-state index is 13.1. The number of carbonyl (C=O) groups is 3. The monoisotopic (exact) mass is 436 g/mol. The van der Waals surface area contributed by atoms with E-state index in [9.17, 15) is 19.5 Å². The molecule has 1 aliphatic heterocycles. The molecule has 1 aliphatic carbocycles. The van der Waals surface area contributed by atoms with E-state index in [4.69, 9.17) is 4.74 Å². The Balaban J connectivity index is 2.11. The Hall–Kier alpha value is -1.89. The number of rotatable bonds is 4. The van der Waals surface area contributed by atoms with E-state index in [1.807, 2.05) is 32.9 Å². The van der Waals surface area contributed by atoms with E-state index in [2.05, 4.69) is 10.6 Å². The van der Waals surface area contributed by atoms with Gasteiger partial charge in [-0.25, -0.2) is 0 Å². The van der Waals surface area contributed by atoms with E-state index >= 15 is 0 Å². The molecule has 31 heavy (non-hydrogen) atoms. The maximum Gasteiger partial charge on any atom is 0.305 e. The molecular formula is C24H40N2O5. The third-order valence-electron chi connectivity index (χ3n) is 6.43. The van der Waals surface area contributed by atoms with Gasteiger partial charge in [-0.2, -0.15) is 0 Å². The van der Waals surface area contributed by atoms with Gasteiger partial charge >= 0.3 is 5.97 Å². The molecule has 7 nitrogen and oxygen atoms in total. The Kier molecular flexibility index (Phi) is 9.54. The molecule has 0 unspecified atom stereocenters. The lowest BCUT2D eigenvalue weighted by Gasteiger charge is -2.33. The molecule has 0 saturated heterocycles. The molecule has 0 aromatic heterocycles. The molecule has 176 valence electrons. The van der Waals surface area contributed by atoms with Gasteiger partial charge in [-0.3, -0.25) is 14.4 Å². The SMILES string of the molecule is CC(C)(C)[C@H]1COC(=O)CCCCC=CC[C@H](CC(=O)NC2(CO)CCCC2)C(=O)N1. The summed E-state index contributed by atoms with van der Waals surface area (Å²) in [5, 5.41) is 15.8. The number of allylic oxidation sites excluding steroid dienone is 2. The van der Waals surface area contributed by atoms with Gasteiger partial charge in [0.1, 0.15) is 6.61 Å². The third-order valence-corrected chi connectivity index (χ3v) is 6.43. The first kappa shape index (κ1) is 25.4. The molecule has 1 heterocycles. The highest BCUT2D eigenvalue weighted by atomic mass is 16.5. The van der Waals surface area contributed by atoms with Gasteiger partial charge in [0.15, 0.2) is 0 Å². The van der Waals surface area contributed by atoms with Gasteiger partial charge in [0.2, 0.25) is 11.8 Å². The first-order valence-corrected chi connectivity index (χ1v) is 11.7. The highest BCUT2D eigenvalue weighted by Crippen LogP contribution is 2.29. The summed E-state index contributed by atoms with van der Waals surface area (Å²) in [6.45, 7) is 6.01. The van der Waals surface area contributed by atoms with Gasteiger partial charge < -0.3 is 20.5 Å². The number of esters is 1. The van der Waals surface area contributed by atoms with Crippen LogP contribution in [0.25, 0.3) is 0 Å². The van der Waals surface area contributed by atoms with E-state index in [0.29, 0.717) is 12.8 Å². The second-order valence-corrected chi connectivity index (χ2v) is 10.2. The number of ether oxygens (including phenoxy) is 1. The third kappa shape index (κ3) is 8.28. The molecule has 1 saturated carbocycles. The smallest absolute Gasteiger partial charge is 0.305 e. The Labute approximate surface area is 186 Å². The lowest BCUT2D eigenvalue weighted by atomic mass is 9.86. The lowest BCUT2D eigenvalue weighted by Crippen LogP contribution is -2.51. The molecule has 7 heteroatoms. The van der Waals surface area contributed by atoms with Crippen molar-refractivity contribution in [2.45, 2.75) is 96.6 Å². The van der Waals surface area contributed by atoms with Gasteiger partial charge in [-0.15, -0.1) is 0 Å². The number of amides is 2. The van der Waals surface area contributed by atoms with Crippen LogP contribution in [0, 0.1) is 11.3 Å². The van der Waals surface area contributed by atoms with Crippen LogP contribution >= 0.6 is 0 Å². The van der Waals surface area contributed by atoms with Crippen molar-refractivity contribution in [2.24, 2.45) is 11.3 Å². The van der Waals surface area contributed by atoms with Crippen LogP contribution < -0.4 is 10.6 Å². The zero-order valence-corrected chi connectivity index (χ0v) is 19.4. The van der Waals surface area contributed by atoms with Crippen molar-refractivity contribution in [3.63, 3.8) is 0 Å². The van der Waals surface area contributed by atoms with E-state index in [0.717, 1.165) is 44.9 Å². The number of nitrogens with one attached hydrogen (secondary N) is 2. The molecule has 3 N–H and O–H groups in total. The molecule has 0 spiro atoms. The summed E-state index contributed by atoms with van der Waals surface area (Å²) in [7, 11) is 0. The van der Waals surface area contributed by atoms with Crippen LogP contribution in [0.3, 0.4) is 0 Å². The summed E-state index contributed by atoms with van der Waals surface area (Å²) in [6.07, 6.45) is 10.9. The average molecular weight is 437 g/mol. The number of hydrogen-bond acceptors (Lipinski definition) is 5. The molecule has 2 amide bonds. The van der Waals surface area contributed by atoms with Gasteiger partial charge in [-0.1, -0.05) is 45.8 Å². The van der Waals surface area contributed by atoms with Crippen molar-refractivity contribution >= 4 is 17.8 Å². The molecule has 0 radical (unpaired) electrons. The van der Waals surface area contributed by atoms with Gasteiger partial charge in [0.25, 0.3) is 0 Å². The van der Waals surface area contributed by atoms with Gasteiger partial charge in [0.05, 0.1) is 24.1 Å². The van der Waals surface area contributed by atoms with Crippen molar-refractivity contribution in [2.75, 3.05) is 13.2 Å². The number of cyclic esters (lactones) is 1. The second kappa shape index (κ2) is 11.7. The Morgan fingerprint density at radius 1 is 1.19 bits per heavy atom. The number of hydrogen-bond donors (Lipinski definition) is 3. The number of aliphatic hydroxyl groups excluding tert-OH is 1. The van der Waals surface area contributed by atoms with Crippen LogP contribution in [0.4, 0.5) is 0 Å². The van der Waals surface area contributed by atoms with Crippen LogP contribution in [0.2, 0.25) is 0 Å². The molecule has 2 atom stereocenters. The molecule has 1 fully saturated rings. The minimum absolute atomic E-state index is 0.0641. The first-order valence-electron chi connectivity index (χ1n) is 11.7. The summed E-state index contributed by atoms with van der Waals surface area (Å²) in [6, 6.07) is -0.347. The lowest BCUT2D eigenvalue weighted by molar-refractivity contribution is -0.146. The average Bonchev–Trinajstić information content (AvgIpc) is 3.16. The molecule has 2 aliphatic rings. The molecule has 0 aromatic carbocycles. The van der Waals surface area contributed by atoms with E-state index < -0.39 is 11.5 Å². The van der Waals surface area contributed by atoms with Crippen molar-refractivity contribution in [1.82, 2.24) is 10.6 Å². The van der Waals surface area contributed by atoms with E-state index in [1.165, 1.54) is 0 Å². The van der Waals surface area contributed by atoms with E-state index in [-0.39, 0.29) is 48.9 Å². The van der Waals surface area contributed by atoms with Crippen LogP contribution in [-0.2, 0) is 19.1 Å². The van der Waals surface area contributed by atoms with E-state index in [1.54, 1.807) is 0 Å². The van der Waals surface area contributed by atoms with Crippen molar-refractivity contribution in [1.29, 1.82) is 0 Å². The molecule has 2 rings (SSSR count). The summed E-state index contributed by atoms with van der Waals surface area (Å²) in [5.41, 5.74) is -0.854. The first-order chi connectivity index (χ1) is 14.6. The summed E-state index contributed by atoms with van der Waals surface area (Å²) in [5.74, 6) is -1.18. The Bertz CT molecular complexity index is 647. The fraction of sp³-hybridized carbons (Fsp3) is 0.792. The summed E-state index contributed by atoms with van der Waals surface area (Å²) < 4.78 is 5.43. The molecule has 0 bridgehead atoms. The summed E-state index contributed by atoms with van der Waals surface area (Å²) >= 11 is 0. The second-order valence-electron chi connectivity index (χ2n) is 10.2. The zero-order valence-electron chi connectivity index (χ0n) is 19.4. The topological polar surface area (TPSA) is 105 Å². The van der Waals surface area contributed by atoms with Crippen molar-refractivity contribution in [3.8, 4) is 0 Å².